The van der Waals surface area contributed by atoms with E-state index in [1.165, 1.54) is 27.8 Å². The molecule has 0 aliphatic heterocycles. The van der Waals surface area contributed by atoms with Gasteiger partial charge in [-0.2, -0.15) is 0 Å². The number of allylic oxidation sites excluding steroid dienone is 2. The maximum atomic E-state index is 3.86. The molecule has 104 valence electrons. The van der Waals surface area contributed by atoms with Gasteiger partial charge in [-0.15, -0.1) is 0 Å². The van der Waals surface area contributed by atoms with Crippen molar-refractivity contribution >= 4 is 17.7 Å². The van der Waals surface area contributed by atoms with Gasteiger partial charge in [-0.1, -0.05) is 86.0 Å². The van der Waals surface area contributed by atoms with Gasteiger partial charge in [-0.25, -0.2) is 0 Å². The van der Waals surface area contributed by atoms with Crippen molar-refractivity contribution in [3.8, 4) is 0 Å². The molecule has 0 heterocycles. The normalized spacial score (nSPS) is 12.7. The van der Waals surface area contributed by atoms with Crippen molar-refractivity contribution < 1.29 is 0 Å². The van der Waals surface area contributed by atoms with E-state index in [0.717, 1.165) is 5.57 Å². The standard InChI is InChI=1S/C13H12.C8H8/c1-4-10-5-6-11-12(7-9(2)3)13(11)8-10;1-2-8-6-4-3-5-7-8/h4-8H,1-2H2,3H3;2-7H,1H2/b12-7+;. The first-order valence-corrected chi connectivity index (χ1v) is 6.97. The van der Waals surface area contributed by atoms with Gasteiger partial charge in [0.2, 0.25) is 0 Å². The molecule has 0 unspecified atom stereocenters. The molecule has 1 aliphatic rings. The van der Waals surface area contributed by atoms with Crippen LogP contribution in [0.5, 0.6) is 0 Å². The molecule has 2 aromatic carbocycles. The molecule has 0 fully saturated rings. The Morgan fingerprint density at radius 2 is 1.52 bits per heavy atom. The third kappa shape index (κ3) is 3.93. The van der Waals surface area contributed by atoms with Crippen LogP contribution in [0.15, 0.2) is 79.9 Å². The van der Waals surface area contributed by atoms with Crippen molar-refractivity contribution in [1.29, 1.82) is 0 Å². The summed E-state index contributed by atoms with van der Waals surface area (Å²) in [4.78, 5) is 0. The van der Waals surface area contributed by atoms with Gasteiger partial charge < -0.3 is 0 Å². The Hall–Kier alpha value is -2.60. The maximum Gasteiger partial charge on any atom is -0.00929 e. The zero-order chi connectivity index (χ0) is 15.2. The zero-order valence-electron chi connectivity index (χ0n) is 12.5. The molecular formula is C21H20. The van der Waals surface area contributed by atoms with Crippen LogP contribution in [0.1, 0.15) is 29.2 Å². The molecule has 0 N–H and O–H groups in total. The van der Waals surface area contributed by atoms with Crippen molar-refractivity contribution in [3.63, 3.8) is 0 Å². The number of benzene rings is 2. The first-order chi connectivity index (χ1) is 10.2. The summed E-state index contributed by atoms with van der Waals surface area (Å²) >= 11 is 0. The van der Waals surface area contributed by atoms with Gasteiger partial charge in [-0.05, 0) is 40.8 Å². The Labute approximate surface area is 127 Å². The van der Waals surface area contributed by atoms with E-state index in [2.05, 4.69) is 44.0 Å². The van der Waals surface area contributed by atoms with Crippen LogP contribution in [0.3, 0.4) is 0 Å². The molecule has 0 nitrogen and oxygen atoms in total. The Balaban J connectivity index is 0.000000173. The summed E-state index contributed by atoms with van der Waals surface area (Å²) in [6.45, 7) is 13.3. The SMILES string of the molecule is C=Cc1ccc2c(c1)/C2=C/C(=C)C.C=Cc1ccccc1. The maximum absolute atomic E-state index is 3.86. The first kappa shape index (κ1) is 14.8. The van der Waals surface area contributed by atoms with Gasteiger partial charge in [-0.3, -0.25) is 0 Å². The topological polar surface area (TPSA) is 0 Å². The predicted octanol–water partition coefficient (Wildman–Crippen LogP) is 5.98. The van der Waals surface area contributed by atoms with Crippen LogP contribution in [0, 0.1) is 0 Å². The Kier molecular flexibility index (Phi) is 4.73. The smallest absolute Gasteiger partial charge is 0.00929 e. The molecule has 0 aromatic heterocycles. The summed E-state index contributed by atoms with van der Waals surface area (Å²) in [5.41, 5.74) is 7.50. The average molecular weight is 272 g/mol. The fourth-order valence-electron chi connectivity index (χ4n) is 2.08. The predicted molar refractivity (Wildman–Crippen MR) is 95.0 cm³/mol. The van der Waals surface area contributed by atoms with Crippen molar-refractivity contribution in [2.75, 3.05) is 0 Å². The second-order valence-corrected chi connectivity index (χ2v) is 5.03. The molecule has 2 aromatic rings. The lowest BCUT2D eigenvalue weighted by atomic mass is 10.2. The van der Waals surface area contributed by atoms with Crippen LogP contribution in [0.25, 0.3) is 17.7 Å². The van der Waals surface area contributed by atoms with Crippen molar-refractivity contribution in [2.45, 2.75) is 6.92 Å². The van der Waals surface area contributed by atoms with Gasteiger partial charge in [0.1, 0.15) is 0 Å². The minimum absolute atomic E-state index is 1.10. The van der Waals surface area contributed by atoms with Crippen LogP contribution in [-0.4, -0.2) is 0 Å². The largest absolute Gasteiger partial charge is 0.0985 e. The summed E-state index contributed by atoms with van der Waals surface area (Å²) < 4.78 is 0. The highest BCUT2D eigenvalue weighted by atomic mass is 14.3. The zero-order valence-corrected chi connectivity index (χ0v) is 12.5. The molecule has 0 heteroatoms. The molecule has 3 rings (SSSR count). The fraction of sp³-hybridized carbons (Fsp3) is 0.0476. The van der Waals surface area contributed by atoms with Crippen molar-refractivity contribution in [1.82, 2.24) is 0 Å². The first-order valence-electron chi connectivity index (χ1n) is 6.97. The fourth-order valence-corrected chi connectivity index (χ4v) is 2.08. The number of fused-ring (bicyclic) bond motifs is 1. The highest BCUT2D eigenvalue weighted by Gasteiger charge is 2.23. The molecule has 0 spiro atoms. The van der Waals surface area contributed by atoms with Crippen LogP contribution in [0.4, 0.5) is 0 Å². The van der Waals surface area contributed by atoms with Gasteiger partial charge in [0.15, 0.2) is 0 Å². The molecule has 1 aliphatic carbocycles. The van der Waals surface area contributed by atoms with Crippen LogP contribution in [0.2, 0.25) is 0 Å². The highest BCUT2D eigenvalue weighted by Crippen LogP contribution is 2.43. The lowest BCUT2D eigenvalue weighted by Crippen LogP contribution is -1.64. The highest BCUT2D eigenvalue weighted by molar-refractivity contribution is 6.01. The van der Waals surface area contributed by atoms with Crippen molar-refractivity contribution in [2.24, 2.45) is 0 Å². The van der Waals surface area contributed by atoms with E-state index in [1.807, 2.05) is 49.4 Å². The minimum atomic E-state index is 1.10. The summed E-state index contributed by atoms with van der Waals surface area (Å²) in [7, 11) is 0. The van der Waals surface area contributed by atoms with E-state index in [4.69, 9.17) is 0 Å². The molecule has 0 saturated heterocycles. The monoisotopic (exact) mass is 272 g/mol. The summed E-state index contributed by atoms with van der Waals surface area (Å²) in [5, 5.41) is 0. The van der Waals surface area contributed by atoms with Gasteiger partial charge in [0, 0.05) is 0 Å². The second-order valence-electron chi connectivity index (χ2n) is 5.03. The number of hydrogen-bond acceptors (Lipinski definition) is 0. The van der Waals surface area contributed by atoms with Crippen molar-refractivity contribution in [3.05, 3.63) is 102 Å². The van der Waals surface area contributed by atoms with Gasteiger partial charge in [0.25, 0.3) is 0 Å². The minimum Gasteiger partial charge on any atom is -0.0985 e. The molecule has 21 heavy (non-hydrogen) atoms. The number of hydrogen-bond donors (Lipinski definition) is 0. The third-order valence-electron chi connectivity index (χ3n) is 3.22. The molecule has 0 saturated carbocycles. The van der Waals surface area contributed by atoms with E-state index in [9.17, 15) is 0 Å². The van der Waals surface area contributed by atoms with Crippen LogP contribution in [-0.2, 0) is 0 Å². The quantitative estimate of drug-likeness (QED) is 0.550. The van der Waals surface area contributed by atoms with E-state index < -0.39 is 0 Å². The van der Waals surface area contributed by atoms with E-state index in [1.54, 1.807) is 0 Å². The summed E-state index contributed by atoms with van der Waals surface area (Å²) in [5.74, 6) is 0. The lowest BCUT2D eigenvalue weighted by molar-refractivity contribution is 1.58. The molecule has 0 atom stereocenters. The number of rotatable bonds is 3. The second kappa shape index (κ2) is 6.71. The molecular weight excluding hydrogens is 252 g/mol. The average Bonchev–Trinajstić information content (AvgIpc) is 3.20. The Morgan fingerprint density at radius 1 is 0.857 bits per heavy atom. The van der Waals surface area contributed by atoms with E-state index >= 15 is 0 Å². The Morgan fingerprint density at radius 3 is 2.05 bits per heavy atom. The summed E-state index contributed by atoms with van der Waals surface area (Å²) in [6, 6.07) is 16.4. The lowest BCUT2D eigenvalue weighted by Gasteiger charge is -1.85. The van der Waals surface area contributed by atoms with Gasteiger partial charge in [0.05, 0.1) is 0 Å². The summed E-state index contributed by atoms with van der Waals surface area (Å²) in [6.07, 6.45) is 5.83. The van der Waals surface area contributed by atoms with E-state index in [0.29, 0.717) is 0 Å². The molecule has 0 radical (unpaired) electrons. The third-order valence-corrected chi connectivity index (χ3v) is 3.22. The Bertz CT molecular complexity index is 700. The molecule has 0 amide bonds. The molecule has 0 bridgehead atoms. The van der Waals surface area contributed by atoms with Gasteiger partial charge >= 0.3 is 0 Å². The van der Waals surface area contributed by atoms with E-state index in [-0.39, 0.29) is 0 Å². The van der Waals surface area contributed by atoms with Crippen LogP contribution < -0.4 is 0 Å². The van der Waals surface area contributed by atoms with Crippen LogP contribution >= 0.6 is 0 Å².